The summed E-state index contributed by atoms with van der Waals surface area (Å²) in [6.45, 7) is 4.47. The van der Waals surface area contributed by atoms with Crippen molar-refractivity contribution in [2.75, 3.05) is 26.0 Å². The number of rotatable bonds is 10. The average Bonchev–Trinajstić information content (AvgIpc) is 3.04. The van der Waals surface area contributed by atoms with E-state index in [4.69, 9.17) is 9.47 Å². The molecular weight excluding hydrogens is 380 g/mol. The molecule has 0 aromatic heterocycles. The van der Waals surface area contributed by atoms with Gasteiger partial charge in [-0.25, -0.2) is 4.79 Å². The van der Waals surface area contributed by atoms with Gasteiger partial charge in [0.1, 0.15) is 17.2 Å². The van der Waals surface area contributed by atoms with Gasteiger partial charge in [-0.1, -0.05) is 18.2 Å². The van der Waals surface area contributed by atoms with Crippen LogP contribution in [-0.2, 0) is 19.1 Å². The van der Waals surface area contributed by atoms with Crippen LogP contribution in [0.4, 0.5) is 0 Å². The summed E-state index contributed by atoms with van der Waals surface area (Å²) in [7, 11) is 1.30. The van der Waals surface area contributed by atoms with Crippen molar-refractivity contribution in [3.8, 4) is 5.75 Å². The van der Waals surface area contributed by atoms with Crippen molar-refractivity contribution < 1.29 is 23.9 Å². The van der Waals surface area contributed by atoms with Crippen molar-refractivity contribution >= 4 is 29.5 Å². The zero-order valence-corrected chi connectivity index (χ0v) is 17.4. The van der Waals surface area contributed by atoms with Crippen LogP contribution in [0, 0.1) is 0 Å². The Morgan fingerprint density at radius 3 is 2.75 bits per heavy atom. The lowest BCUT2D eigenvalue weighted by molar-refractivity contribution is -0.145. The van der Waals surface area contributed by atoms with Gasteiger partial charge in [0, 0.05) is 19.0 Å². The van der Waals surface area contributed by atoms with Gasteiger partial charge in [-0.15, -0.1) is 11.8 Å². The third-order valence-corrected chi connectivity index (χ3v) is 5.70. The van der Waals surface area contributed by atoms with E-state index in [9.17, 15) is 14.4 Å². The minimum atomic E-state index is -0.652. The molecule has 1 N–H and O–H groups in total. The summed E-state index contributed by atoms with van der Waals surface area (Å²) in [5, 5.41) is 2.54. The zero-order chi connectivity index (χ0) is 20.5. The Morgan fingerprint density at radius 1 is 1.32 bits per heavy atom. The fraction of sp³-hybridized carbons (Fsp3) is 0.550. The summed E-state index contributed by atoms with van der Waals surface area (Å²) in [5.74, 6) is 0.633. The molecule has 2 atom stereocenters. The number of nitrogens with one attached hydrogen (secondary N) is 1. The van der Waals surface area contributed by atoms with Gasteiger partial charge in [-0.2, -0.15) is 0 Å². The van der Waals surface area contributed by atoms with E-state index in [0.29, 0.717) is 31.7 Å². The predicted molar refractivity (Wildman–Crippen MR) is 108 cm³/mol. The van der Waals surface area contributed by atoms with Crippen LogP contribution >= 0.6 is 11.8 Å². The number of para-hydroxylation sites is 1. The minimum Gasteiger partial charge on any atom is -0.493 e. The number of benzene rings is 1. The highest BCUT2D eigenvalue weighted by molar-refractivity contribution is 8.00. The standard InChI is InChI=1S/C20H28N2O5S/c1-4-27-17-11-6-5-9-15(17)19-22(18(24)13-28-19)12-8-7-10-16(20(25)26-3)21-14(2)23/h5-6,9,11,16,19H,4,7-8,10,12-13H2,1-3H3,(H,21,23). The Balaban J connectivity index is 1.95. The van der Waals surface area contributed by atoms with Crippen LogP contribution in [-0.4, -0.2) is 54.7 Å². The molecule has 1 saturated heterocycles. The summed E-state index contributed by atoms with van der Waals surface area (Å²) in [6.07, 6.45) is 1.89. The number of nitrogens with zero attached hydrogens (tertiary/aromatic N) is 1. The molecule has 154 valence electrons. The van der Waals surface area contributed by atoms with E-state index in [1.807, 2.05) is 36.1 Å². The van der Waals surface area contributed by atoms with E-state index >= 15 is 0 Å². The van der Waals surface area contributed by atoms with Gasteiger partial charge < -0.3 is 19.7 Å². The number of esters is 1. The highest BCUT2D eigenvalue weighted by atomic mass is 32.2. The molecule has 28 heavy (non-hydrogen) atoms. The number of hydrogen-bond donors (Lipinski definition) is 1. The van der Waals surface area contributed by atoms with Gasteiger partial charge in [0.15, 0.2) is 0 Å². The molecule has 1 aromatic rings. The van der Waals surface area contributed by atoms with E-state index in [-0.39, 0.29) is 17.2 Å². The number of carbonyl (C=O) groups is 3. The lowest BCUT2D eigenvalue weighted by atomic mass is 10.1. The molecule has 2 rings (SSSR count). The topological polar surface area (TPSA) is 84.9 Å². The number of thioether (sulfide) groups is 1. The maximum atomic E-state index is 12.4. The SMILES string of the molecule is CCOc1ccccc1C1SCC(=O)N1CCCCC(NC(C)=O)C(=O)OC. The molecule has 0 saturated carbocycles. The second-order valence-electron chi connectivity index (χ2n) is 6.49. The van der Waals surface area contributed by atoms with Gasteiger partial charge in [-0.05, 0) is 32.3 Å². The van der Waals surface area contributed by atoms with Gasteiger partial charge in [-0.3, -0.25) is 9.59 Å². The number of hydrogen-bond acceptors (Lipinski definition) is 6. The predicted octanol–water partition coefficient (Wildman–Crippen LogP) is 2.51. The molecule has 7 nitrogen and oxygen atoms in total. The van der Waals surface area contributed by atoms with E-state index in [1.165, 1.54) is 14.0 Å². The van der Waals surface area contributed by atoms with Crippen molar-refractivity contribution in [2.45, 2.75) is 44.5 Å². The number of methoxy groups -OCH3 is 1. The van der Waals surface area contributed by atoms with Crippen LogP contribution in [0.3, 0.4) is 0 Å². The summed E-state index contributed by atoms with van der Waals surface area (Å²) in [5.41, 5.74) is 1.01. The first-order valence-corrected chi connectivity index (χ1v) is 10.5. The van der Waals surface area contributed by atoms with Crippen molar-refractivity contribution in [3.05, 3.63) is 29.8 Å². The molecule has 2 unspecified atom stereocenters. The third kappa shape index (κ3) is 5.89. The molecule has 1 fully saturated rings. The Labute approximate surface area is 170 Å². The Kier molecular flexibility index (Phi) is 8.63. The first-order chi connectivity index (χ1) is 13.5. The van der Waals surface area contributed by atoms with Crippen molar-refractivity contribution in [2.24, 2.45) is 0 Å². The fourth-order valence-corrected chi connectivity index (χ4v) is 4.44. The van der Waals surface area contributed by atoms with Crippen molar-refractivity contribution in [3.63, 3.8) is 0 Å². The molecule has 0 aliphatic carbocycles. The normalized spacial score (nSPS) is 17.3. The molecule has 0 spiro atoms. The molecule has 1 aliphatic rings. The molecule has 2 amide bonds. The van der Waals surface area contributed by atoms with Crippen LogP contribution in [0.2, 0.25) is 0 Å². The first kappa shape index (κ1) is 22.1. The van der Waals surface area contributed by atoms with Crippen LogP contribution in [0.1, 0.15) is 44.0 Å². The second kappa shape index (κ2) is 10.9. The Hall–Kier alpha value is -2.22. The number of unbranched alkanes of at least 4 members (excludes halogenated alkanes) is 1. The molecule has 8 heteroatoms. The van der Waals surface area contributed by atoms with E-state index in [1.54, 1.807) is 11.8 Å². The quantitative estimate of drug-likeness (QED) is 0.473. The highest BCUT2D eigenvalue weighted by Gasteiger charge is 2.34. The van der Waals surface area contributed by atoms with Gasteiger partial charge >= 0.3 is 5.97 Å². The van der Waals surface area contributed by atoms with Crippen LogP contribution in [0.5, 0.6) is 5.75 Å². The smallest absolute Gasteiger partial charge is 0.328 e. The average molecular weight is 409 g/mol. The molecule has 1 aliphatic heterocycles. The summed E-state index contributed by atoms with van der Waals surface area (Å²) in [6, 6.07) is 7.15. The van der Waals surface area contributed by atoms with E-state index < -0.39 is 12.0 Å². The number of carbonyl (C=O) groups excluding carboxylic acids is 3. The summed E-state index contributed by atoms with van der Waals surface area (Å²) >= 11 is 1.60. The van der Waals surface area contributed by atoms with E-state index in [0.717, 1.165) is 17.7 Å². The fourth-order valence-electron chi connectivity index (χ4n) is 3.19. The maximum Gasteiger partial charge on any atom is 0.328 e. The largest absolute Gasteiger partial charge is 0.493 e. The molecule has 1 heterocycles. The van der Waals surface area contributed by atoms with Gasteiger partial charge in [0.2, 0.25) is 11.8 Å². The Morgan fingerprint density at radius 2 is 2.07 bits per heavy atom. The van der Waals surface area contributed by atoms with Gasteiger partial charge in [0.25, 0.3) is 0 Å². The molecule has 0 bridgehead atoms. The summed E-state index contributed by atoms with van der Waals surface area (Å²) < 4.78 is 10.5. The van der Waals surface area contributed by atoms with Crippen LogP contribution in [0.25, 0.3) is 0 Å². The Bertz CT molecular complexity index is 697. The number of ether oxygens (including phenoxy) is 2. The number of amides is 2. The maximum absolute atomic E-state index is 12.4. The highest BCUT2D eigenvalue weighted by Crippen LogP contribution is 2.42. The lowest BCUT2D eigenvalue weighted by Gasteiger charge is -2.26. The molecule has 0 radical (unpaired) electrons. The van der Waals surface area contributed by atoms with Crippen molar-refractivity contribution in [1.82, 2.24) is 10.2 Å². The second-order valence-corrected chi connectivity index (χ2v) is 7.56. The minimum absolute atomic E-state index is 0.0676. The monoisotopic (exact) mass is 408 g/mol. The van der Waals surface area contributed by atoms with Crippen LogP contribution in [0.15, 0.2) is 24.3 Å². The van der Waals surface area contributed by atoms with Gasteiger partial charge in [0.05, 0.1) is 19.5 Å². The summed E-state index contributed by atoms with van der Waals surface area (Å²) in [4.78, 5) is 37.3. The third-order valence-electron chi connectivity index (χ3n) is 4.46. The van der Waals surface area contributed by atoms with Crippen molar-refractivity contribution in [1.29, 1.82) is 0 Å². The lowest BCUT2D eigenvalue weighted by Crippen LogP contribution is -2.40. The molecular formula is C20H28N2O5S. The van der Waals surface area contributed by atoms with E-state index in [2.05, 4.69) is 5.32 Å². The first-order valence-electron chi connectivity index (χ1n) is 9.45. The van der Waals surface area contributed by atoms with Crippen LogP contribution < -0.4 is 10.1 Å². The zero-order valence-electron chi connectivity index (χ0n) is 16.6. The molecule has 1 aromatic carbocycles.